The van der Waals surface area contributed by atoms with Crippen molar-refractivity contribution < 1.29 is 9.47 Å². The van der Waals surface area contributed by atoms with Crippen LogP contribution in [0, 0.1) is 0 Å². The molecule has 3 heteroatoms. The van der Waals surface area contributed by atoms with Gasteiger partial charge in [-0.05, 0) is 0 Å². The molecule has 0 aliphatic heterocycles. The molecule has 0 unspecified atom stereocenters. The zero-order chi connectivity index (χ0) is 10.6. The van der Waals surface area contributed by atoms with Crippen molar-refractivity contribution in [2.24, 2.45) is 0 Å². The fourth-order valence-electron chi connectivity index (χ4n) is 1.30. The van der Waals surface area contributed by atoms with Gasteiger partial charge in [-0.25, -0.2) is 0 Å². The monoisotopic (exact) mass is 311 g/mol. The van der Waals surface area contributed by atoms with Crippen molar-refractivity contribution >= 4 is 23.2 Å². The maximum atomic E-state index is 5.37. The van der Waals surface area contributed by atoms with Gasteiger partial charge in [0.15, 0.2) is 0 Å². The first-order chi connectivity index (χ1) is 6.74. The van der Waals surface area contributed by atoms with Gasteiger partial charge in [-0.2, -0.15) is 0 Å². The molecular weight excluding hydrogens is 292 g/mol. The number of benzene rings is 1. The Morgan fingerprint density at radius 1 is 1.14 bits per heavy atom. The molecule has 78 valence electrons. The molecule has 1 aromatic rings. The van der Waals surface area contributed by atoms with Gasteiger partial charge < -0.3 is 0 Å². The van der Waals surface area contributed by atoms with E-state index in [2.05, 4.69) is 11.9 Å². The fourth-order valence-corrected chi connectivity index (χ4v) is 4.95. The van der Waals surface area contributed by atoms with Gasteiger partial charge in [-0.15, -0.1) is 0 Å². The first-order valence-electron chi connectivity index (χ1n) is 4.58. The molecule has 1 aromatic carbocycles. The van der Waals surface area contributed by atoms with Crippen molar-refractivity contribution in [3.63, 3.8) is 0 Å². The van der Waals surface area contributed by atoms with Crippen LogP contribution in [0.5, 0.6) is 11.5 Å². The molecule has 0 aliphatic rings. The molecule has 0 aromatic heterocycles. The first-order valence-corrected chi connectivity index (χ1v) is 9.72. The third kappa shape index (κ3) is 2.34. The third-order valence-electron chi connectivity index (χ3n) is 2.16. The van der Waals surface area contributed by atoms with Crippen molar-refractivity contribution in [1.82, 2.24) is 0 Å². The van der Waals surface area contributed by atoms with Crippen LogP contribution >= 0.6 is 0 Å². The number of hydrogen-bond acceptors (Lipinski definition) is 2. The van der Waals surface area contributed by atoms with Crippen molar-refractivity contribution in [2.45, 2.75) is 16.4 Å². The minimum atomic E-state index is -1.21. The number of hydrogen-bond donors (Lipinski definition) is 0. The van der Waals surface area contributed by atoms with E-state index in [9.17, 15) is 0 Å². The van der Waals surface area contributed by atoms with E-state index in [1.54, 1.807) is 14.2 Å². The Balaban J connectivity index is 3.18. The summed E-state index contributed by atoms with van der Waals surface area (Å²) in [7, 11) is 3.44. The molecule has 0 saturated carbocycles. The molecule has 2 nitrogen and oxygen atoms in total. The second kappa shape index (κ2) is 5.48. The van der Waals surface area contributed by atoms with Crippen LogP contribution in [-0.2, 0) is 0 Å². The van der Waals surface area contributed by atoms with E-state index in [1.807, 2.05) is 18.2 Å². The van der Waals surface area contributed by atoms with Gasteiger partial charge in [-0.3, -0.25) is 0 Å². The average molecular weight is 309 g/mol. The summed E-state index contributed by atoms with van der Waals surface area (Å²) in [5.41, 5.74) is 0. The van der Waals surface area contributed by atoms with Gasteiger partial charge in [0.25, 0.3) is 0 Å². The molecule has 0 heterocycles. The van der Waals surface area contributed by atoms with Crippen LogP contribution < -0.4 is 13.1 Å². The SMILES string of the molecule is CC[Te+](C)c1c(OC)cccc1OC. The van der Waals surface area contributed by atoms with Crippen LogP contribution in [0.2, 0.25) is 9.44 Å². The summed E-state index contributed by atoms with van der Waals surface area (Å²) in [6.45, 7) is 2.24. The first kappa shape index (κ1) is 11.7. The van der Waals surface area contributed by atoms with Crippen LogP contribution in [0.3, 0.4) is 0 Å². The van der Waals surface area contributed by atoms with E-state index in [1.165, 1.54) is 8.08 Å². The Morgan fingerprint density at radius 3 is 2.00 bits per heavy atom. The van der Waals surface area contributed by atoms with Crippen LogP contribution in [0.15, 0.2) is 18.2 Å². The van der Waals surface area contributed by atoms with Crippen LogP contribution in [-0.4, -0.2) is 33.8 Å². The summed E-state index contributed by atoms with van der Waals surface area (Å²) >= 11 is -1.21. The van der Waals surface area contributed by atoms with E-state index in [0.29, 0.717) is 0 Å². The number of methoxy groups -OCH3 is 2. The quantitative estimate of drug-likeness (QED) is 0.793. The van der Waals surface area contributed by atoms with Gasteiger partial charge in [0, 0.05) is 0 Å². The Kier molecular flexibility index (Phi) is 4.57. The molecule has 1 rings (SSSR count). The van der Waals surface area contributed by atoms with Gasteiger partial charge in [0.05, 0.1) is 0 Å². The van der Waals surface area contributed by atoms with Gasteiger partial charge in [0.1, 0.15) is 0 Å². The summed E-state index contributed by atoms with van der Waals surface area (Å²) in [5, 5.41) is 0. The standard InChI is InChI=1S/C11H17O2Te/c1-5-14(4)11-9(12-2)7-6-8-10(11)13-3/h6-8H,5H2,1-4H3/q+1. The van der Waals surface area contributed by atoms with Crippen molar-refractivity contribution in [2.75, 3.05) is 14.2 Å². The van der Waals surface area contributed by atoms with Gasteiger partial charge in [-0.1, -0.05) is 0 Å². The summed E-state index contributed by atoms with van der Waals surface area (Å²) in [6.07, 6.45) is 0. The molecule has 0 saturated heterocycles. The molecule has 0 radical (unpaired) electrons. The predicted octanol–water partition coefficient (Wildman–Crippen LogP) is 2.06. The molecular formula is C11H17O2Te+. The molecule has 0 bridgehead atoms. The Hall–Kier alpha value is -0.390. The van der Waals surface area contributed by atoms with E-state index in [4.69, 9.17) is 9.47 Å². The summed E-state index contributed by atoms with van der Waals surface area (Å²) in [6, 6.07) is 6.01. The van der Waals surface area contributed by atoms with E-state index in [-0.39, 0.29) is 0 Å². The zero-order valence-electron chi connectivity index (χ0n) is 9.16. The molecule has 14 heavy (non-hydrogen) atoms. The molecule has 0 amide bonds. The van der Waals surface area contributed by atoms with Crippen LogP contribution in [0.25, 0.3) is 0 Å². The normalized spacial score (nSPS) is 10.4. The molecule has 0 N–H and O–H groups in total. The number of rotatable bonds is 4. The maximum absolute atomic E-state index is 5.37. The number of ether oxygens (including phenoxy) is 2. The Labute approximate surface area is 92.9 Å². The summed E-state index contributed by atoms with van der Waals surface area (Å²) in [4.78, 5) is 2.35. The molecule has 0 atom stereocenters. The molecule has 0 spiro atoms. The van der Waals surface area contributed by atoms with E-state index in [0.717, 1.165) is 11.5 Å². The van der Waals surface area contributed by atoms with Crippen LogP contribution in [0.4, 0.5) is 0 Å². The Bertz CT molecular complexity index is 277. The third-order valence-corrected chi connectivity index (χ3v) is 7.77. The fraction of sp³-hybridized carbons (Fsp3) is 0.455. The van der Waals surface area contributed by atoms with E-state index < -0.39 is 19.6 Å². The summed E-state index contributed by atoms with van der Waals surface area (Å²) in [5.74, 6) is 1.98. The average Bonchev–Trinajstić information content (AvgIpc) is 2.26. The zero-order valence-corrected chi connectivity index (χ0v) is 11.5. The van der Waals surface area contributed by atoms with Gasteiger partial charge >= 0.3 is 92.9 Å². The van der Waals surface area contributed by atoms with Crippen LogP contribution in [0.1, 0.15) is 6.92 Å². The molecule has 0 fully saturated rings. The second-order valence-corrected chi connectivity index (χ2v) is 9.37. The van der Waals surface area contributed by atoms with Crippen molar-refractivity contribution in [1.29, 1.82) is 0 Å². The van der Waals surface area contributed by atoms with Crippen molar-refractivity contribution in [3.05, 3.63) is 18.2 Å². The molecule has 0 aliphatic carbocycles. The second-order valence-electron chi connectivity index (χ2n) is 2.92. The predicted molar refractivity (Wildman–Crippen MR) is 61.3 cm³/mol. The summed E-state index contributed by atoms with van der Waals surface area (Å²) < 4.78 is 13.3. The minimum absolute atomic E-state index is 0.991. The van der Waals surface area contributed by atoms with Crippen molar-refractivity contribution in [3.8, 4) is 11.5 Å². The topological polar surface area (TPSA) is 18.5 Å². The Morgan fingerprint density at radius 2 is 1.64 bits per heavy atom. The van der Waals surface area contributed by atoms with E-state index >= 15 is 0 Å². The van der Waals surface area contributed by atoms with Gasteiger partial charge in [0.2, 0.25) is 0 Å².